The lowest BCUT2D eigenvalue weighted by molar-refractivity contribution is -0.0211. The zero-order valence-corrected chi connectivity index (χ0v) is 22.0. The van der Waals surface area contributed by atoms with E-state index in [9.17, 15) is 10.2 Å². The molecule has 0 amide bonds. The van der Waals surface area contributed by atoms with E-state index in [1.54, 1.807) is 0 Å². The van der Waals surface area contributed by atoms with Crippen molar-refractivity contribution in [3.8, 4) is 11.5 Å². The molecule has 1 aromatic rings. The third-order valence-corrected chi connectivity index (χ3v) is 9.27. The van der Waals surface area contributed by atoms with Gasteiger partial charge in [0.25, 0.3) is 0 Å². The molecule has 2 fully saturated rings. The predicted molar refractivity (Wildman–Crippen MR) is 141 cm³/mol. The first-order valence-corrected chi connectivity index (χ1v) is 14.0. The molecule has 0 spiro atoms. The van der Waals surface area contributed by atoms with Crippen molar-refractivity contribution in [2.75, 3.05) is 13.2 Å². The quantitative estimate of drug-likeness (QED) is 0.207. The third-order valence-electron chi connectivity index (χ3n) is 9.14. The smallest absolute Gasteiger partial charge is 0.127 e. The molecule has 5 heteroatoms. The molecule has 0 unspecified atom stereocenters. The van der Waals surface area contributed by atoms with E-state index in [0.717, 1.165) is 43.5 Å². The number of phenols is 1. The number of aliphatic hydroxyl groups is 1. The number of thiocarbonyl (C=S) groups is 1. The highest BCUT2D eigenvalue weighted by molar-refractivity contribution is 7.78. The number of aliphatic imine (C=N–C) groups is 1. The van der Waals surface area contributed by atoms with E-state index in [2.05, 4.69) is 48.4 Å². The van der Waals surface area contributed by atoms with Gasteiger partial charge in [-0.3, -0.25) is 0 Å². The first-order chi connectivity index (χ1) is 16.4. The summed E-state index contributed by atoms with van der Waals surface area (Å²) in [6, 6.07) is 4.36. The molecular weight excluding hydrogens is 442 g/mol. The van der Waals surface area contributed by atoms with Gasteiger partial charge in [-0.25, -0.2) is 4.99 Å². The van der Waals surface area contributed by atoms with Crippen molar-refractivity contribution < 1.29 is 14.9 Å². The Kier molecular flexibility index (Phi) is 8.38. The number of benzene rings is 1. The number of fused-ring (bicyclic) bond motifs is 3. The Hall–Kier alpha value is -1.42. The van der Waals surface area contributed by atoms with E-state index >= 15 is 0 Å². The molecule has 2 saturated carbocycles. The van der Waals surface area contributed by atoms with E-state index < -0.39 is 0 Å². The Morgan fingerprint density at radius 1 is 1.09 bits per heavy atom. The van der Waals surface area contributed by atoms with E-state index in [-0.39, 0.29) is 23.5 Å². The van der Waals surface area contributed by atoms with Crippen molar-refractivity contribution in [2.45, 2.75) is 114 Å². The summed E-state index contributed by atoms with van der Waals surface area (Å²) in [5, 5.41) is 23.6. The largest absolute Gasteiger partial charge is 0.508 e. The van der Waals surface area contributed by atoms with Gasteiger partial charge in [0, 0.05) is 24.6 Å². The molecule has 1 aliphatic heterocycles. The zero-order valence-electron chi connectivity index (χ0n) is 21.2. The molecule has 0 saturated heterocycles. The second-order valence-corrected chi connectivity index (χ2v) is 11.8. The van der Waals surface area contributed by atoms with Crippen LogP contribution in [-0.4, -0.2) is 34.1 Å². The average molecular weight is 486 g/mol. The standard InChI is InChI=1S/C29H43NO3S/c1-28(2)24-11-10-21(19-31)16-23(24)27-25(32)17-22(18-26(27)33-28)29(13-7-8-14-29)12-6-4-3-5-9-15-30-20-34/h17-18,21,23-24,31-32H,3-16,19H2,1-2H3/t21-,23-,24-/m1/s1. The lowest BCUT2D eigenvalue weighted by Gasteiger charge is -2.49. The number of nitrogens with zero attached hydrogens (tertiary/aromatic N) is 1. The highest BCUT2D eigenvalue weighted by Crippen LogP contribution is 2.57. The topological polar surface area (TPSA) is 62.0 Å². The number of unbranched alkanes of at least 4 members (excludes halogenated alkanes) is 4. The molecule has 188 valence electrons. The normalized spacial score (nSPS) is 26.7. The van der Waals surface area contributed by atoms with Crippen molar-refractivity contribution in [1.29, 1.82) is 0 Å². The molecule has 4 nitrogen and oxygen atoms in total. The fourth-order valence-electron chi connectivity index (χ4n) is 7.27. The molecule has 0 radical (unpaired) electrons. The van der Waals surface area contributed by atoms with Gasteiger partial charge in [0.1, 0.15) is 17.1 Å². The van der Waals surface area contributed by atoms with Gasteiger partial charge in [-0.1, -0.05) is 38.5 Å². The lowest BCUT2D eigenvalue weighted by atomic mass is 9.63. The molecule has 34 heavy (non-hydrogen) atoms. The van der Waals surface area contributed by atoms with Gasteiger partial charge >= 0.3 is 0 Å². The molecule has 2 aliphatic carbocycles. The fraction of sp³-hybridized carbons (Fsp3) is 0.759. The van der Waals surface area contributed by atoms with Gasteiger partial charge in [-0.05, 0) is 106 Å². The van der Waals surface area contributed by atoms with Crippen LogP contribution in [0, 0.1) is 11.8 Å². The average Bonchev–Trinajstić information content (AvgIpc) is 3.30. The minimum Gasteiger partial charge on any atom is -0.508 e. The summed E-state index contributed by atoms with van der Waals surface area (Å²) >= 11 is 4.64. The summed E-state index contributed by atoms with van der Waals surface area (Å²) < 4.78 is 6.63. The monoisotopic (exact) mass is 485 g/mol. The number of isothiocyanates is 1. The maximum atomic E-state index is 11.3. The first kappa shape index (κ1) is 25.7. The van der Waals surface area contributed by atoms with Gasteiger partial charge in [0.05, 0.1) is 5.16 Å². The summed E-state index contributed by atoms with van der Waals surface area (Å²) in [6.45, 7) is 5.46. The highest BCUT2D eigenvalue weighted by atomic mass is 32.1. The van der Waals surface area contributed by atoms with Crippen molar-refractivity contribution >= 4 is 17.4 Å². The molecule has 1 aromatic carbocycles. The van der Waals surface area contributed by atoms with Crippen LogP contribution in [0.25, 0.3) is 0 Å². The second-order valence-electron chi connectivity index (χ2n) is 11.7. The summed E-state index contributed by atoms with van der Waals surface area (Å²) in [7, 11) is 0. The van der Waals surface area contributed by atoms with E-state index in [1.165, 1.54) is 63.4 Å². The van der Waals surface area contributed by atoms with Crippen molar-refractivity contribution in [3.05, 3.63) is 23.3 Å². The van der Waals surface area contributed by atoms with Crippen molar-refractivity contribution in [3.63, 3.8) is 0 Å². The van der Waals surface area contributed by atoms with Crippen LogP contribution in [0.5, 0.6) is 11.5 Å². The van der Waals surface area contributed by atoms with Crippen molar-refractivity contribution in [2.24, 2.45) is 16.8 Å². The molecule has 2 N–H and O–H groups in total. The number of phenolic OH excluding ortho intramolecular Hbond substituents is 1. The van der Waals surface area contributed by atoms with Gasteiger partial charge in [-0.15, -0.1) is 0 Å². The fourth-order valence-corrected chi connectivity index (χ4v) is 7.37. The highest BCUT2D eigenvalue weighted by Gasteiger charge is 2.48. The molecular formula is C29H43NO3S. The van der Waals surface area contributed by atoms with Crippen LogP contribution in [0.4, 0.5) is 0 Å². The molecule has 4 rings (SSSR count). The molecule has 1 heterocycles. The van der Waals surface area contributed by atoms with E-state index in [4.69, 9.17) is 4.74 Å². The Labute approximate surface area is 211 Å². The third kappa shape index (κ3) is 5.37. The zero-order chi connectivity index (χ0) is 24.2. The van der Waals surface area contributed by atoms with Gasteiger partial charge in [0.15, 0.2) is 0 Å². The van der Waals surface area contributed by atoms with Crippen LogP contribution in [-0.2, 0) is 5.41 Å². The lowest BCUT2D eigenvalue weighted by Crippen LogP contribution is -2.47. The van der Waals surface area contributed by atoms with Gasteiger partial charge in [0.2, 0.25) is 0 Å². The van der Waals surface area contributed by atoms with Gasteiger partial charge in [-0.2, -0.15) is 0 Å². The molecule has 0 aromatic heterocycles. The minimum absolute atomic E-state index is 0.165. The molecule has 3 aliphatic rings. The summed E-state index contributed by atoms with van der Waals surface area (Å²) in [5.74, 6) is 2.28. The summed E-state index contributed by atoms with van der Waals surface area (Å²) in [5.41, 5.74) is 2.19. The van der Waals surface area contributed by atoms with Crippen LogP contribution in [0.3, 0.4) is 0 Å². The molecule has 3 atom stereocenters. The Morgan fingerprint density at radius 2 is 1.82 bits per heavy atom. The maximum Gasteiger partial charge on any atom is 0.127 e. The van der Waals surface area contributed by atoms with Crippen LogP contribution in [0.1, 0.15) is 114 Å². The molecule has 0 bridgehead atoms. The van der Waals surface area contributed by atoms with Crippen LogP contribution in [0.2, 0.25) is 0 Å². The van der Waals surface area contributed by atoms with Gasteiger partial charge < -0.3 is 14.9 Å². The minimum atomic E-state index is -0.251. The van der Waals surface area contributed by atoms with Crippen LogP contribution >= 0.6 is 12.2 Å². The maximum absolute atomic E-state index is 11.3. The summed E-state index contributed by atoms with van der Waals surface area (Å²) in [4.78, 5) is 4.01. The van der Waals surface area contributed by atoms with E-state index in [0.29, 0.717) is 17.6 Å². The predicted octanol–water partition coefficient (Wildman–Crippen LogP) is 7.31. The van der Waals surface area contributed by atoms with Crippen LogP contribution in [0.15, 0.2) is 17.1 Å². The first-order valence-electron chi connectivity index (χ1n) is 13.6. The summed E-state index contributed by atoms with van der Waals surface area (Å²) in [6.07, 6.45) is 15.2. The number of rotatable bonds is 10. The number of ether oxygens (including phenoxy) is 1. The Bertz CT molecular complexity index is 886. The van der Waals surface area contributed by atoms with E-state index in [1.807, 2.05) is 0 Å². The number of hydrogen-bond acceptors (Lipinski definition) is 5. The SMILES string of the molecule is CC1(C)Oc2cc(C3(CCCCCCCN=C=S)CCCC3)cc(O)c2[C@@H]2C[C@H](CO)CC[C@H]21. The number of aromatic hydroxyl groups is 1. The Morgan fingerprint density at radius 3 is 2.56 bits per heavy atom. The number of hydrogen-bond donors (Lipinski definition) is 2. The number of aliphatic hydroxyl groups excluding tert-OH is 1. The second kappa shape index (κ2) is 11.1. The Balaban J connectivity index is 1.51. The van der Waals surface area contributed by atoms with Crippen molar-refractivity contribution in [1.82, 2.24) is 0 Å². The van der Waals surface area contributed by atoms with Crippen LogP contribution < -0.4 is 4.74 Å².